The smallest absolute Gasteiger partial charge is 0.249 e. The summed E-state index contributed by atoms with van der Waals surface area (Å²) in [7, 11) is 0. The maximum absolute atomic E-state index is 13.7. The van der Waals surface area contributed by atoms with Crippen LogP contribution in [0.4, 0.5) is 5.69 Å². The molecule has 166 valence electrons. The molecular weight excluding hydrogens is 431 g/mol. The number of ketones is 1. The predicted octanol–water partition coefficient (Wildman–Crippen LogP) is 6.10. The molecule has 3 rings (SSSR count). The van der Waals surface area contributed by atoms with Gasteiger partial charge in [-0.25, -0.2) is 0 Å². The molecule has 1 N–H and O–H groups in total. The fourth-order valence-electron chi connectivity index (χ4n) is 4.29. The number of carbonyl (C=O) groups is 2. The zero-order valence-electron chi connectivity index (χ0n) is 18.6. The van der Waals surface area contributed by atoms with Gasteiger partial charge < -0.3 is 5.32 Å². The fourth-order valence-corrected chi connectivity index (χ4v) is 4.67. The van der Waals surface area contributed by atoms with Crippen LogP contribution in [-0.2, 0) is 21.5 Å². The summed E-state index contributed by atoms with van der Waals surface area (Å²) < 4.78 is 0. The Morgan fingerprint density at radius 2 is 1.81 bits per heavy atom. The second-order valence-electron chi connectivity index (χ2n) is 9.44. The Morgan fingerprint density at radius 1 is 1.10 bits per heavy atom. The molecule has 0 fully saturated rings. The quantitative estimate of drug-likeness (QED) is 0.517. The molecule has 1 unspecified atom stereocenters. The molecular formula is C25H30Cl2N2O2. The zero-order chi connectivity index (χ0) is 22.8. The van der Waals surface area contributed by atoms with Gasteiger partial charge in [0.15, 0.2) is 0 Å². The summed E-state index contributed by atoms with van der Waals surface area (Å²) in [5, 5.41) is 4.25. The van der Waals surface area contributed by atoms with E-state index >= 15 is 0 Å². The lowest BCUT2D eigenvalue weighted by Gasteiger charge is -2.43. The van der Waals surface area contributed by atoms with E-state index in [4.69, 9.17) is 23.2 Å². The Labute approximate surface area is 194 Å². The van der Waals surface area contributed by atoms with Gasteiger partial charge in [-0.1, -0.05) is 69.1 Å². The first-order valence-electron chi connectivity index (χ1n) is 10.7. The van der Waals surface area contributed by atoms with Crippen molar-refractivity contribution < 1.29 is 9.59 Å². The number of carbonyl (C=O) groups excluding carboxylic acids is 2. The highest BCUT2D eigenvalue weighted by Crippen LogP contribution is 2.45. The molecule has 0 aliphatic carbocycles. The molecule has 6 heteroatoms. The highest BCUT2D eigenvalue weighted by Gasteiger charge is 2.51. The van der Waals surface area contributed by atoms with Gasteiger partial charge in [-0.3, -0.25) is 14.5 Å². The van der Waals surface area contributed by atoms with E-state index in [1.807, 2.05) is 43.3 Å². The van der Waals surface area contributed by atoms with Crippen LogP contribution >= 0.6 is 23.2 Å². The summed E-state index contributed by atoms with van der Waals surface area (Å²) in [6, 6.07) is 13.2. The average molecular weight is 461 g/mol. The molecule has 4 nitrogen and oxygen atoms in total. The largest absolute Gasteiger partial charge is 0.324 e. The van der Waals surface area contributed by atoms with Gasteiger partial charge in [-0.05, 0) is 35.2 Å². The van der Waals surface area contributed by atoms with Crippen molar-refractivity contribution in [2.75, 3.05) is 18.4 Å². The monoisotopic (exact) mass is 460 g/mol. The number of amides is 1. The minimum atomic E-state index is -0.952. The number of benzene rings is 2. The Hall–Kier alpha value is -1.88. The van der Waals surface area contributed by atoms with Crippen molar-refractivity contribution in [3.8, 4) is 0 Å². The minimum Gasteiger partial charge on any atom is -0.324 e. The number of nitrogens with zero attached hydrogens (tertiary/aromatic N) is 1. The van der Waals surface area contributed by atoms with E-state index in [-0.39, 0.29) is 17.1 Å². The van der Waals surface area contributed by atoms with Crippen LogP contribution in [0, 0.1) is 5.41 Å². The third-order valence-electron chi connectivity index (χ3n) is 5.66. The van der Waals surface area contributed by atoms with Crippen LogP contribution in [0.1, 0.15) is 51.7 Å². The van der Waals surface area contributed by atoms with Crippen molar-refractivity contribution in [3.05, 3.63) is 63.6 Å². The van der Waals surface area contributed by atoms with Gasteiger partial charge >= 0.3 is 0 Å². The third-order valence-corrected chi connectivity index (χ3v) is 6.13. The number of Topliss-reactive ketones (excluding diaryl/α,β-unsaturated/α-hetero) is 1. The Bertz CT molecular complexity index is 984. The van der Waals surface area contributed by atoms with E-state index in [9.17, 15) is 9.59 Å². The molecule has 0 saturated heterocycles. The Morgan fingerprint density at radius 3 is 2.45 bits per heavy atom. The molecule has 2 aromatic rings. The second-order valence-corrected chi connectivity index (χ2v) is 10.3. The molecule has 0 saturated carbocycles. The lowest BCUT2D eigenvalue weighted by atomic mass is 9.81. The molecule has 2 aromatic carbocycles. The first-order chi connectivity index (χ1) is 14.5. The van der Waals surface area contributed by atoms with Crippen molar-refractivity contribution in [2.24, 2.45) is 5.41 Å². The molecule has 0 radical (unpaired) electrons. The fraction of sp³-hybridized carbons (Fsp3) is 0.440. The topological polar surface area (TPSA) is 49.4 Å². The molecule has 31 heavy (non-hydrogen) atoms. The molecule has 1 aliphatic heterocycles. The van der Waals surface area contributed by atoms with Crippen LogP contribution in [-0.4, -0.2) is 29.7 Å². The van der Waals surface area contributed by atoms with Crippen LogP contribution in [0.15, 0.2) is 42.5 Å². The number of hydrogen-bond acceptors (Lipinski definition) is 3. The van der Waals surface area contributed by atoms with Crippen molar-refractivity contribution in [3.63, 3.8) is 0 Å². The molecule has 1 aliphatic rings. The van der Waals surface area contributed by atoms with Crippen LogP contribution in [0.25, 0.3) is 0 Å². The highest BCUT2D eigenvalue weighted by atomic mass is 35.5. The average Bonchev–Trinajstić information content (AvgIpc) is 2.95. The summed E-state index contributed by atoms with van der Waals surface area (Å²) in [5.41, 5.74) is 1.54. The van der Waals surface area contributed by atoms with E-state index in [2.05, 4.69) is 31.0 Å². The highest BCUT2D eigenvalue weighted by molar-refractivity contribution is 6.31. The number of anilines is 1. The first kappa shape index (κ1) is 23.8. The molecule has 1 heterocycles. The van der Waals surface area contributed by atoms with Gasteiger partial charge in [-0.2, -0.15) is 0 Å². The van der Waals surface area contributed by atoms with Gasteiger partial charge in [0.1, 0.15) is 11.3 Å². The molecule has 1 amide bonds. The second kappa shape index (κ2) is 9.32. The van der Waals surface area contributed by atoms with Gasteiger partial charge in [-0.15, -0.1) is 0 Å². The van der Waals surface area contributed by atoms with Crippen molar-refractivity contribution in [2.45, 2.75) is 52.5 Å². The summed E-state index contributed by atoms with van der Waals surface area (Å²) in [6.45, 7) is 9.46. The van der Waals surface area contributed by atoms with Crippen LogP contribution in [0.3, 0.4) is 0 Å². The van der Waals surface area contributed by atoms with Gasteiger partial charge in [0.25, 0.3) is 0 Å². The van der Waals surface area contributed by atoms with Gasteiger partial charge in [0.2, 0.25) is 5.91 Å². The standard InChI is InChI=1S/C25H30Cl2N2O2/c1-5-20(30)11-12-29(16-24(2,3)4)25(15-17-7-6-8-18(26)13-17)21-10-9-19(27)14-22(21)28-23(25)31/h6-10,13-14H,5,11-12,15-16H2,1-4H3,(H,28,31). The number of halogens is 2. The minimum absolute atomic E-state index is 0.0773. The van der Waals surface area contributed by atoms with E-state index < -0.39 is 5.54 Å². The molecule has 0 aromatic heterocycles. The lowest BCUT2D eigenvalue weighted by Crippen LogP contribution is -2.55. The van der Waals surface area contributed by atoms with Gasteiger partial charge in [0.05, 0.1) is 0 Å². The Kier molecular flexibility index (Phi) is 7.14. The normalized spacial score (nSPS) is 18.2. The number of hydrogen-bond donors (Lipinski definition) is 1. The number of rotatable bonds is 8. The van der Waals surface area contributed by atoms with Gasteiger partial charge in [0, 0.05) is 53.6 Å². The summed E-state index contributed by atoms with van der Waals surface area (Å²) >= 11 is 12.5. The Balaban J connectivity index is 2.15. The van der Waals surface area contributed by atoms with E-state index in [1.54, 1.807) is 6.07 Å². The maximum Gasteiger partial charge on any atom is 0.249 e. The summed E-state index contributed by atoms with van der Waals surface area (Å²) in [6.07, 6.45) is 1.34. The van der Waals surface area contributed by atoms with E-state index in [0.717, 1.165) is 16.8 Å². The van der Waals surface area contributed by atoms with Crippen molar-refractivity contribution in [1.29, 1.82) is 0 Å². The first-order valence-corrected chi connectivity index (χ1v) is 11.4. The van der Waals surface area contributed by atoms with Crippen LogP contribution in [0.2, 0.25) is 10.0 Å². The van der Waals surface area contributed by atoms with Crippen molar-refractivity contribution >= 4 is 40.6 Å². The van der Waals surface area contributed by atoms with Crippen LogP contribution < -0.4 is 5.32 Å². The SMILES string of the molecule is CCC(=O)CCN(CC(C)(C)C)C1(Cc2cccc(Cl)c2)C(=O)Nc2cc(Cl)ccc21. The lowest BCUT2D eigenvalue weighted by molar-refractivity contribution is -0.130. The number of fused-ring (bicyclic) bond motifs is 1. The third kappa shape index (κ3) is 5.31. The number of nitrogens with one attached hydrogen (secondary N) is 1. The summed E-state index contributed by atoms with van der Waals surface area (Å²) in [5.74, 6) is 0.0875. The molecule has 0 spiro atoms. The maximum atomic E-state index is 13.7. The van der Waals surface area contributed by atoms with Crippen molar-refractivity contribution in [1.82, 2.24) is 4.90 Å². The molecule has 1 atom stereocenters. The predicted molar refractivity (Wildman–Crippen MR) is 128 cm³/mol. The van der Waals surface area contributed by atoms with E-state index in [0.29, 0.717) is 42.4 Å². The zero-order valence-corrected chi connectivity index (χ0v) is 20.1. The van der Waals surface area contributed by atoms with E-state index in [1.165, 1.54) is 0 Å². The van der Waals surface area contributed by atoms with Crippen LogP contribution in [0.5, 0.6) is 0 Å². The summed E-state index contributed by atoms with van der Waals surface area (Å²) in [4.78, 5) is 28.1. The molecule has 0 bridgehead atoms.